The van der Waals surface area contributed by atoms with E-state index < -0.39 is 0 Å². The molecule has 0 amide bonds. The fraction of sp³-hybridized carbons (Fsp3) is 0.708. The zero-order valence-electron chi connectivity index (χ0n) is 19.2. The van der Waals surface area contributed by atoms with Crippen molar-refractivity contribution in [2.45, 2.75) is 70.6 Å². The van der Waals surface area contributed by atoms with Crippen LogP contribution in [0.1, 0.15) is 57.4 Å². The van der Waals surface area contributed by atoms with E-state index in [1.165, 1.54) is 12.8 Å². The molecule has 2 N–H and O–H groups in total. The Hall–Kier alpha value is -1.99. The third kappa shape index (κ3) is 7.89. The van der Waals surface area contributed by atoms with Crippen LogP contribution in [0, 0.1) is 0 Å². The Balaban J connectivity index is 1.49. The molecule has 1 saturated heterocycles. The van der Waals surface area contributed by atoms with Crippen LogP contribution in [0.2, 0.25) is 0 Å². The highest BCUT2D eigenvalue weighted by Crippen LogP contribution is 2.35. The van der Waals surface area contributed by atoms with Gasteiger partial charge in [0.1, 0.15) is 0 Å². The molecule has 2 fully saturated rings. The molecule has 3 rings (SSSR count). The van der Waals surface area contributed by atoms with Gasteiger partial charge in [0.15, 0.2) is 17.5 Å². The van der Waals surface area contributed by atoms with Crippen LogP contribution in [-0.2, 0) is 16.0 Å². The van der Waals surface area contributed by atoms with E-state index in [9.17, 15) is 0 Å². The summed E-state index contributed by atoms with van der Waals surface area (Å²) >= 11 is 0. The van der Waals surface area contributed by atoms with Gasteiger partial charge in [0, 0.05) is 31.9 Å². The lowest BCUT2D eigenvalue weighted by atomic mass is 10.1. The summed E-state index contributed by atoms with van der Waals surface area (Å²) in [5.74, 6) is 2.41. The Morgan fingerprint density at radius 3 is 2.77 bits per heavy atom. The maximum atomic E-state index is 6.33. The maximum Gasteiger partial charge on any atom is 0.191 e. The SMILES string of the molecule is CCNC(=NCc1cccc(OC)c1OC1CCCC1)NCCCOCC1CCCO1. The van der Waals surface area contributed by atoms with Crippen molar-refractivity contribution in [2.75, 3.05) is 40.0 Å². The zero-order chi connectivity index (χ0) is 21.7. The Morgan fingerprint density at radius 2 is 2.03 bits per heavy atom. The van der Waals surface area contributed by atoms with E-state index in [0.717, 1.165) is 81.4 Å². The molecule has 0 radical (unpaired) electrons. The molecule has 1 heterocycles. The second-order valence-electron chi connectivity index (χ2n) is 8.16. The van der Waals surface area contributed by atoms with E-state index in [1.54, 1.807) is 7.11 Å². The maximum absolute atomic E-state index is 6.33. The van der Waals surface area contributed by atoms with Crippen LogP contribution >= 0.6 is 0 Å². The molecule has 0 spiro atoms. The third-order valence-electron chi connectivity index (χ3n) is 5.70. The number of benzene rings is 1. The second kappa shape index (κ2) is 13.4. The molecule has 174 valence electrons. The number of guanidine groups is 1. The fourth-order valence-electron chi connectivity index (χ4n) is 4.03. The highest BCUT2D eigenvalue weighted by molar-refractivity contribution is 5.79. The number of aliphatic imine (C=N–C) groups is 1. The van der Waals surface area contributed by atoms with Crippen LogP contribution in [0.25, 0.3) is 0 Å². The van der Waals surface area contributed by atoms with Gasteiger partial charge in [0.25, 0.3) is 0 Å². The molecule has 1 aliphatic heterocycles. The minimum Gasteiger partial charge on any atom is -0.493 e. The van der Waals surface area contributed by atoms with Gasteiger partial charge in [-0.2, -0.15) is 0 Å². The number of para-hydroxylation sites is 1. The lowest BCUT2D eigenvalue weighted by Crippen LogP contribution is -2.38. The van der Waals surface area contributed by atoms with Crippen LogP contribution in [0.15, 0.2) is 23.2 Å². The van der Waals surface area contributed by atoms with Crippen molar-refractivity contribution in [1.82, 2.24) is 10.6 Å². The molecule has 0 bridgehead atoms. The van der Waals surface area contributed by atoms with Gasteiger partial charge in [-0.05, 0) is 57.9 Å². The van der Waals surface area contributed by atoms with Crippen LogP contribution in [0.4, 0.5) is 0 Å². The molecular formula is C24H39N3O4. The lowest BCUT2D eigenvalue weighted by Gasteiger charge is -2.19. The first-order valence-corrected chi connectivity index (χ1v) is 11.8. The quantitative estimate of drug-likeness (QED) is 0.298. The molecule has 1 aromatic rings. The molecular weight excluding hydrogens is 394 g/mol. The normalized spacial score (nSPS) is 19.5. The highest BCUT2D eigenvalue weighted by Gasteiger charge is 2.20. The van der Waals surface area contributed by atoms with Gasteiger partial charge in [-0.25, -0.2) is 4.99 Å². The standard InChI is InChI=1S/C24H39N3O4/c1-3-25-24(26-14-8-15-29-18-21-12-7-16-30-21)27-17-19-9-6-13-22(28-2)23(19)31-20-10-4-5-11-20/h6,9,13,20-21H,3-5,7-8,10-12,14-18H2,1-2H3,(H2,25,26,27). The Morgan fingerprint density at radius 1 is 1.16 bits per heavy atom. The molecule has 7 nitrogen and oxygen atoms in total. The third-order valence-corrected chi connectivity index (χ3v) is 5.70. The van der Waals surface area contributed by atoms with Crippen molar-refractivity contribution in [1.29, 1.82) is 0 Å². The smallest absolute Gasteiger partial charge is 0.191 e. The van der Waals surface area contributed by atoms with Gasteiger partial charge in [0.05, 0.1) is 32.5 Å². The Kier molecular flexibility index (Phi) is 10.3. The minimum absolute atomic E-state index is 0.278. The average Bonchev–Trinajstić information content (AvgIpc) is 3.49. The highest BCUT2D eigenvalue weighted by atomic mass is 16.5. The van der Waals surface area contributed by atoms with Gasteiger partial charge >= 0.3 is 0 Å². The predicted octanol–water partition coefficient (Wildman–Crippen LogP) is 3.66. The minimum atomic E-state index is 0.278. The Bertz CT molecular complexity index is 671. The number of methoxy groups -OCH3 is 1. The summed E-state index contributed by atoms with van der Waals surface area (Å²) in [6.45, 7) is 6.52. The molecule has 1 saturated carbocycles. The topological polar surface area (TPSA) is 73.3 Å². The summed E-state index contributed by atoms with van der Waals surface area (Å²) in [5.41, 5.74) is 1.04. The first kappa shape index (κ1) is 23.7. The zero-order valence-corrected chi connectivity index (χ0v) is 19.2. The summed E-state index contributed by atoms with van der Waals surface area (Å²) < 4.78 is 23.2. The first-order chi connectivity index (χ1) is 15.3. The molecule has 1 aliphatic carbocycles. The number of ether oxygens (including phenoxy) is 4. The van der Waals surface area contributed by atoms with Gasteiger partial charge in [-0.3, -0.25) is 0 Å². The number of nitrogens with zero attached hydrogens (tertiary/aromatic N) is 1. The van der Waals surface area contributed by atoms with Gasteiger partial charge in [0.2, 0.25) is 0 Å². The molecule has 1 unspecified atom stereocenters. The van der Waals surface area contributed by atoms with E-state index in [4.69, 9.17) is 23.9 Å². The van der Waals surface area contributed by atoms with Crippen molar-refractivity contribution in [2.24, 2.45) is 4.99 Å². The molecule has 1 atom stereocenters. The monoisotopic (exact) mass is 433 g/mol. The van der Waals surface area contributed by atoms with Crippen molar-refractivity contribution in [3.8, 4) is 11.5 Å². The Labute approximate surface area is 186 Å². The summed E-state index contributed by atoms with van der Waals surface area (Å²) in [7, 11) is 1.69. The van der Waals surface area contributed by atoms with Crippen molar-refractivity contribution < 1.29 is 18.9 Å². The van der Waals surface area contributed by atoms with Crippen molar-refractivity contribution in [3.05, 3.63) is 23.8 Å². The van der Waals surface area contributed by atoms with Crippen LogP contribution < -0.4 is 20.1 Å². The molecule has 1 aromatic carbocycles. The average molecular weight is 434 g/mol. The van der Waals surface area contributed by atoms with Crippen molar-refractivity contribution in [3.63, 3.8) is 0 Å². The first-order valence-electron chi connectivity index (χ1n) is 11.8. The molecule has 7 heteroatoms. The van der Waals surface area contributed by atoms with Gasteiger partial charge in [-0.15, -0.1) is 0 Å². The second-order valence-corrected chi connectivity index (χ2v) is 8.16. The van der Waals surface area contributed by atoms with Crippen molar-refractivity contribution >= 4 is 5.96 Å². The van der Waals surface area contributed by atoms with Crippen LogP contribution in [-0.4, -0.2) is 58.2 Å². The lowest BCUT2D eigenvalue weighted by molar-refractivity contribution is 0.0168. The fourth-order valence-corrected chi connectivity index (χ4v) is 4.03. The summed E-state index contributed by atoms with van der Waals surface area (Å²) in [6.07, 6.45) is 8.45. The van der Waals surface area contributed by atoms with Crippen LogP contribution in [0.5, 0.6) is 11.5 Å². The van der Waals surface area contributed by atoms with Gasteiger partial charge in [-0.1, -0.05) is 12.1 Å². The number of hydrogen-bond acceptors (Lipinski definition) is 5. The summed E-state index contributed by atoms with van der Waals surface area (Å²) in [6, 6.07) is 6.02. The molecule has 2 aliphatic rings. The molecule has 0 aromatic heterocycles. The van der Waals surface area contributed by atoms with Crippen LogP contribution in [0.3, 0.4) is 0 Å². The number of rotatable bonds is 12. The van der Waals surface area contributed by atoms with E-state index in [0.29, 0.717) is 13.2 Å². The number of hydrogen-bond donors (Lipinski definition) is 2. The van der Waals surface area contributed by atoms with E-state index in [1.807, 2.05) is 12.1 Å². The molecule has 31 heavy (non-hydrogen) atoms. The number of nitrogens with one attached hydrogen (secondary N) is 2. The van der Waals surface area contributed by atoms with E-state index in [2.05, 4.69) is 23.6 Å². The van der Waals surface area contributed by atoms with E-state index in [-0.39, 0.29) is 12.2 Å². The summed E-state index contributed by atoms with van der Waals surface area (Å²) in [5, 5.41) is 6.71. The summed E-state index contributed by atoms with van der Waals surface area (Å²) in [4.78, 5) is 4.77. The van der Waals surface area contributed by atoms with E-state index >= 15 is 0 Å². The van der Waals surface area contributed by atoms with Gasteiger partial charge < -0.3 is 29.6 Å². The largest absolute Gasteiger partial charge is 0.493 e. The predicted molar refractivity (Wildman–Crippen MR) is 123 cm³/mol.